The minimum atomic E-state index is -1.35. The fourth-order valence-electron chi connectivity index (χ4n) is 1.86. The molecule has 5 heteroatoms. The Kier molecular flexibility index (Phi) is 3.72. The Balaban J connectivity index is 2.36. The Hall–Kier alpha value is -1.75. The summed E-state index contributed by atoms with van der Waals surface area (Å²) in [5.41, 5.74) is 1.29. The van der Waals surface area contributed by atoms with Crippen LogP contribution in [-0.2, 0) is 9.53 Å². The molecule has 0 aromatic heterocycles. The summed E-state index contributed by atoms with van der Waals surface area (Å²) in [6, 6.07) is 3.44. The molecule has 1 aliphatic rings. The molecule has 2 rings (SSSR count). The molecular weight excluding hydrogens is 236 g/mol. The first-order valence-electron chi connectivity index (χ1n) is 5.89. The molecule has 1 aliphatic heterocycles. The second-order valence-electron chi connectivity index (χ2n) is 3.98. The van der Waals surface area contributed by atoms with Crippen LogP contribution in [0, 0.1) is 6.92 Å². The van der Waals surface area contributed by atoms with Crippen LogP contribution in [0.3, 0.4) is 0 Å². The fraction of sp³-hybridized carbons (Fsp3) is 0.462. The van der Waals surface area contributed by atoms with Crippen molar-refractivity contribution >= 4 is 5.97 Å². The summed E-state index contributed by atoms with van der Waals surface area (Å²) < 4.78 is 15.8. The van der Waals surface area contributed by atoms with Crippen LogP contribution in [0.2, 0.25) is 0 Å². The van der Waals surface area contributed by atoms with Crippen LogP contribution < -0.4 is 9.47 Å². The smallest absolute Gasteiger partial charge is 0.339 e. The summed E-state index contributed by atoms with van der Waals surface area (Å²) in [5, 5.41) is 9.96. The van der Waals surface area contributed by atoms with E-state index in [9.17, 15) is 9.90 Å². The molecule has 1 unspecified atom stereocenters. The lowest BCUT2D eigenvalue weighted by molar-refractivity contribution is -0.153. The number of esters is 1. The molecule has 5 nitrogen and oxygen atoms in total. The molecule has 0 amide bonds. The topological polar surface area (TPSA) is 65.0 Å². The Morgan fingerprint density at radius 3 is 2.72 bits per heavy atom. The minimum Gasteiger partial charge on any atom is -0.486 e. The molecule has 0 bridgehead atoms. The number of carbonyl (C=O) groups excluding carboxylic acids is 1. The highest BCUT2D eigenvalue weighted by Gasteiger charge is 2.27. The van der Waals surface area contributed by atoms with Crippen molar-refractivity contribution in [2.75, 3.05) is 19.8 Å². The molecule has 0 aliphatic carbocycles. The van der Waals surface area contributed by atoms with Crippen molar-refractivity contribution in [3.8, 4) is 11.5 Å². The number of ether oxygens (including phenoxy) is 3. The number of rotatable bonds is 3. The molecule has 0 fully saturated rings. The van der Waals surface area contributed by atoms with Gasteiger partial charge in [-0.1, -0.05) is 12.1 Å². The van der Waals surface area contributed by atoms with E-state index in [1.165, 1.54) is 0 Å². The number of aliphatic hydroxyl groups is 1. The third-order valence-electron chi connectivity index (χ3n) is 2.72. The van der Waals surface area contributed by atoms with E-state index in [4.69, 9.17) is 14.2 Å². The van der Waals surface area contributed by atoms with Crippen LogP contribution in [-0.4, -0.2) is 30.9 Å². The van der Waals surface area contributed by atoms with Gasteiger partial charge in [0, 0.05) is 5.56 Å². The first-order valence-corrected chi connectivity index (χ1v) is 5.89. The molecule has 18 heavy (non-hydrogen) atoms. The van der Waals surface area contributed by atoms with Crippen molar-refractivity contribution in [2.24, 2.45) is 0 Å². The molecule has 1 atom stereocenters. The van der Waals surface area contributed by atoms with Crippen LogP contribution in [0.1, 0.15) is 24.2 Å². The van der Waals surface area contributed by atoms with E-state index < -0.39 is 12.1 Å². The first-order chi connectivity index (χ1) is 8.65. The lowest BCUT2D eigenvalue weighted by atomic mass is 10.0. The van der Waals surface area contributed by atoms with Gasteiger partial charge in [0.1, 0.15) is 13.2 Å². The summed E-state index contributed by atoms with van der Waals surface area (Å²) in [4.78, 5) is 11.5. The van der Waals surface area contributed by atoms with E-state index in [2.05, 4.69) is 0 Å². The number of aryl methyl sites for hydroxylation is 1. The number of benzene rings is 1. The van der Waals surface area contributed by atoms with Crippen LogP contribution in [0.4, 0.5) is 0 Å². The third kappa shape index (κ3) is 2.26. The molecule has 0 saturated heterocycles. The quantitative estimate of drug-likeness (QED) is 0.823. The maximum absolute atomic E-state index is 11.5. The number of hydrogen-bond acceptors (Lipinski definition) is 5. The van der Waals surface area contributed by atoms with E-state index in [0.29, 0.717) is 30.3 Å². The van der Waals surface area contributed by atoms with Gasteiger partial charge in [-0.15, -0.1) is 0 Å². The van der Waals surface area contributed by atoms with Crippen molar-refractivity contribution in [3.63, 3.8) is 0 Å². The van der Waals surface area contributed by atoms with Crippen molar-refractivity contribution < 1.29 is 24.1 Å². The maximum Gasteiger partial charge on any atom is 0.339 e. The van der Waals surface area contributed by atoms with Crippen molar-refractivity contribution in [2.45, 2.75) is 20.0 Å². The zero-order chi connectivity index (χ0) is 13.1. The van der Waals surface area contributed by atoms with Crippen LogP contribution in [0.5, 0.6) is 11.5 Å². The molecule has 1 N–H and O–H groups in total. The van der Waals surface area contributed by atoms with Gasteiger partial charge in [-0.25, -0.2) is 4.79 Å². The standard InChI is InChI=1S/C13H16O5/c1-3-16-13(15)10(14)9-5-4-8(2)11-12(9)18-7-6-17-11/h4-5,10,14H,3,6-7H2,1-2H3. The van der Waals surface area contributed by atoms with Gasteiger partial charge in [-0.3, -0.25) is 0 Å². The first kappa shape index (κ1) is 12.7. The number of hydrogen-bond donors (Lipinski definition) is 1. The normalized spacial score (nSPS) is 15.1. The van der Waals surface area contributed by atoms with Gasteiger partial charge in [0.05, 0.1) is 6.61 Å². The van der Waals surface area contributed by atoms with Crippen LogP contribution in [0.15, 0.2) is 12.1 Å². The Morgan fingerprint density at radius 1 is 1.39 bits per heavy atom. The van der Waals surface area contributed by atoms with Gasteiger partial charge in [0.15, 0.2) is 17.6 Å². The van der Waals surface area contributed by atoms with Crippen LogP contribution >= 0.6 is 0 Å². The zero-order valence-corrected chi connectivity index (χ0v) is 10.4. The van der Waals surface area contributed by atoms with E-state index in [-0.39, 0.29) is 6.61 Å². The average molecular weight is 252 g/mol. The second kappa shape index (κ2) is 5.27. The summed E-state index contributed by atoms with van der Waals surface area (Å²) in [6.45, 7) is 4.66. The summed E-state index contributed by atoms with van der Waals surface area (Å²) in [6.07, 6.45) is -1.35. The molecule has 1 aromatic rings. The van der Waals surface area contributed by atoms with Gasteiger partial charge >= 0.3 is 5.97 Å². The van der Waals surface area contributed by atoms with Crippen molar-refractivity contribution in [1.82, 2.24) is 0 Å². The van der Waals surface area contributed by atoms with Gasteiger partial charge in [-0.05, 0) is 19.4 Å². The Labute approximate surface area is 105 Å². The predicted molar refractivity (Wildman–Crippen MR) is 63.8 cm³/mol. The molecule has 0 radical (unpaired) electrons. The monoisotopic (exact) mass is 252 g/mol. The van der Waals surface area contributed by atoms with Gasteiger partial charge in [-0.2, -0.15) is 0 Å². The van der Waals surface area contributed by atoms with E-state index in [0.717, 1.165) is 5.56 Å². The second-order valence-corrected chi connectivity index (χ2v) is 3.98. The van der Waals surface area contributed by atoms with Gasteiger partial charge < -0.3 is 19.3 Å². The highest BCUT2D eigenvalue weighted by Crippen LogP contribution is 2.39. The summed E-state index contributed by atoms with van der Waals surface area (Å²) in [5.74, 6) is 0.335. The Morgan fingerprint density at radius 2 is 2.06 bits per heavy atom. The minimum absolute atomic E-state index is 0.224. The van der Waals surface area contributed by atoms with E-state index >= 15 is 0 Å². The van der Waals surface area contributed by atoms with Gasteiger partial charge in [0.2, 0.25) is 0 Å². The SMILES string of the molecule is CCOC(=O)C(O)c1ccc(C)c2c1OCCO2. The van der Waals surface area contributed by atoms with E-state index in [1.54, 1.807) is 19.1 Å². The van der Waals surface area contributed by atoms with E-state index in [1.807, 2.05) is 6.92 Å². The largest absolute Gasteiger partial charge is 0.486 e. The number of aliphatic hydroxyl groups excluding tert-OH is 1. The number of carbonyl (C=O) groups is 1. The molecule has 0 spiro atoms. The lowest BCUT2D eigenvalue weighted by Gasteiger charge is -2.24. The molecule has 1 aromatic carbocycles. The molecule has 98 valence electrons. The zero-order valence-electron chi connectivity index (χ0n) is 10.4. The fourth-order valence-corrected chi connectivity index (χ4v) is 1.86. The van der Waals surface area contributed by atoms with Crippen molar-refractivity contribution in [3.05, 3.63) is 23.3 Å². The maximum atomic E-state index is 11.5. The molecule has 0 saturated carbocycles. The highest BCUT2D eigenvalue weighted by molar-refractivity contribution is 5.78. The summed E-state index contributed by atoms with van der Waals surface area (Å²) >= 11 is 0. The van der Waals surface area contributed by atoms with Crippen molar-refractivity contribution in [1.29, 1.82) is 0 Å². The third-order valence-corrected chi connectivity index (χ3v) is 2.72. The van der Waals surface area contributed by atoms with Crippen LogP contribution in [0.25, 0.3) is 0 Å². The van der Waals surface area contributed by atoms with Gasteiger partial charge in [0.25, 0.3) is 0 Å². The average Bonchev–Trinajstić information content (AvgIpc) is 2.39. The lowest BCUT2D eigenvalue weighted by Crippen LogP contribution is -2.21. The predicted octanol–water partition coefficient (Wildman–Crippen LogP) is 1.36. The Bertz CT molecular complexity index is 455. The highest BCUT2D eigenvalue weighted by atomic mass is 16.6. The summed E-state index contributed by atoms with van der Waals surface area (Å²) in [7, 11) is 0. The number of fused-ring (bicyclic) bond motifs is 1. The molecular formula is C13H16O5. The molecule has 1 heterocycles.